The summed E-state index contributed by atoms with van der Waals surface area (Å²) in [5, 5.41) is 2.96. The van der Waals surface area contributed by atoms with E-state index in [4.69, 9.17) is 23.7 Å². The lowest BCUT2D eigenvalue weighted by Crippen LogP contribution is -2.26. The largest absolute Gasteiger partial charge is 0.513 e. The zero-order chi connectivity index (χ0) is 27.3. The number of hydrogen-bond donors (Lipinski definition) is 1. The maximum atomic E-state index is 14.1. The summed E-state index contributed by atoms with van der Waals surface area (Å²) in [6.45, 7) is 8.09. The van der Waals surface area contributed by atoms with Crippen molar-refractivity contribution in [1.82, 2.24) is 4.98 Å². The number of nitrogens with one attached hydrogen (secondary N) is 1. The molecule has 3 rings (SSSR count). The number of fused-ring (bicyclic) bond motifs is 1. The zero-order valence-corrected chi connectivity index (χ0v) is 20.9. The van der Waals surface area contributed by atoms with Gasteiger partial charge >= 0.3 is 18.5 Å². The number of allylic oxidation sites excluding steroid dienone is 2. The lowest BCUT2D eigenvalue weighted by Gasteiger charge is -2.33. The molecule has 0 saturated heterocycles. The van der Waals surface area contributed by atoms with Gasteiger partial charge in [-0.1, -0.05) is 18.2 Å². The van der Waals surface area contributed by atoms with Gasteiger partial charge in [-0.25, -0.2) is 14.6 Å². The second kappa shape index (κ2) is 11.4. The molecule has 1 N–H and O–H groups in total. The van der Waals surface area contributed by atoms with Crippen LogP contribution < -0.4 is 14.8 Å². The number of nitrogens with zero attached hydrogens (tertiary/aromatic N) is 1. The summed E-state index contributed by atoms with van der Waals surface area (Å²) >= 11 is 0. The van der Waals surface area contributed by atoms with Crippen molar-refractivity contribution in [1.29, 1.82) is 0 Å². The number of hydrogen-bond acceptors (Lipinski definition) is 9. The molecule has 0 spiro atoms. The Bertz CT molecular complexity index is 1200. The molecule has 1 atom stereocenters. The highest BCUT2D eigenvalue weighted by Gasteiger charge is 2.42. The standard InChI is InChI=1S/C25H27F3N2O7/c1-6-33-23(31)36-17-12-29-22(35-13(3)4)19-18(15-10-8-9-11-16(15)25(26,27)28)21(14(5)30-20(17)19)37-24(32)34-7-2/h8-13,18,30H,6-7H2,1-5H3. The maximum absolute atomic E-state index is 14.1. The normalized spacial score (nSPS) is 15.0. The van der Waals surface area contributed by atoms with Crippen LogP contribution in [0.1, 0.15) is 57.2 Å². The molecule has 0 fully saturated rings. The first kappa shape index (κ1) is 27.6. The molecule has 12 heteroatoms. The van der Waals surface area contributed by atoms with Crippen molar-refractivity contribution >= 4 is 18.0 Å². The van der Waals surface area contributed by atoms with E-state index in [-0.39, 0.29) is 53.1 Å². The van der Waals surface area contributed by atoms with Crippen LogP contribution in [0.4, 0.5) is 28.4 Å². The highest BCUT2D eigenvalue weighted by molar-refractivity contribution is 5.78. The monoisotopic (exact) mass is 524 g/mol. The summed E-state index contributed by atoms with van der Waals surface area (Å²) in [5.74, 6) is -1.67. The lowest BCUT2D eigenvalue weighted by molar-refractivity contribution is -0.138. The zero-order valence-electron chi connectivity index (χ0n) is 20.9. The van der Waals surface area contributed by atoms with E-state index in [2.05, 4.69) is 10.3 Å². The summed E-state index contributed by atoms with van der Waals surface area (Å²) in [4.78, 5) is 28.6. The molecule has 200 valence electrons. The second-order valence-electron chi connectivity index (χ2n) is 8.09. The Kier molecular flexibility index (Phi) is 8.51. The molecule has 0 aliphatic carbocycles. The van der Waals surface area contributed by atoms with Crippen LogP contribution in [0.25, 0.3) is 0 Å². The quantitative estimate of drug-likeness (QED) is 0.413. The fraction of sp³-hybridized carbons (Fsp3) is 0.400. The Labute approximate surface area is 211 Å². The number of pyridine rings is 1. The number of anilines is 1. The highest BCUT2D eigenvalue weighted by atomic mass is 19.4. The fourth-order valence-corrected chi connectivity index (χ4v) is 3.79. The van der Waals surface area contributed by atoms with Crippen LogP contribution in [0, 0.1) is 0 Å². The number of benzene rings is 1. The van der Waals surface area contributed by atoms with Crippen molar-refractivity contribution < 1.29 is 46.4 Å². The van der Waals surface area contributed by atoms with Crippen molar-refractivity contribution in [2.45, 2.75) is 52.8 Å². The topological polar surface area (TPSA) is 105 Å². The molecule has 0 bridgehead atoms. The maximum Gasteiger partial charge on any atom is 0.513 e. The van der Waals surface area contributed by atoms with E-state index in [1.54, 1.807) is 27.7 Å². The van der Waals surface area contributed by atoms with Gasteiger partial charge in [-0.05, 0) is 46.2 Å². The van der Waals surface area contributed by atoms with E-state index in [1.807, 2.05) is 0 Å². The van der Waals surface area contributed by atoms with Gasteiger partial charge in [0, 0.05) is 0 Å². The SMILES string of the molecule is CCOC(=O)OC1=C(C)Nc2c(OC(=O)OCC)cnc(OC(C)C)c2C1c1ccccc1C(F)(F)F. The van der Waals surface area contributed by atoms with Crippen LogP contribution in [0.2, 0.25) is 0 Å². The first-order chi connectivity index (χ1) is 17.5. The van der Waals surface area contributed by atoms with Gasteiger partial charge in [0.2, 0.25) is 5.88 Å². The third-order valence-electron chi connectivity index (χ3n) is 5.11. The Morgan fingerprint density at radius 2 is 1.68 bits per heavy atom. The fourth-order valence-electron chi connectivity index (χ4n) is 3.79. The summed E-state index contributed by atoms with van der Waals surface area (Å²) in [5.41, 5.74) is -0.845. The highest BCUT2D eigenvalue weighted by Crippen LogP contribution is 2.51. The molecule has 9 nitrogen and oxygen atoms in total. The van der Waals surface area contributed by atoms with Gasteiger partial charge in [0.25, 0.3) is 0 Å². The van der Waals surface area contributed by atoms with Gasteiger partial charge in [-0.3, -0.25) is 0 Å². The Morgan fingerprint density at radius 3 is 2.27 bits per heavy atom. The first-order valence-electron chi connectivity index (χ1n) is 11.5. The molecule has 1 aromatic carbocycles. The van der Waals surface area contributed by atoms with Gasteiger partial charge in [-0.15, -0.1) is 0 Å². The third-order valence-corrected chi connectivity index (χ3v) is 5.11. The molecular weight excluding hydrogens is 497 g/mol. The van der Waals surface area contributed by atoms with Gasteiger partial charge in [0.1, 0.15) is 5.76 Å². The number of aromatic nitrogens is 1. The molecular formula is C25H27F3N2O7. The van der Waals surface area contributed by atoms with Crippen LogP contribution in [0.5, 0.6) is 11.6 Å². The molecule has 1 aliphatic heterocycles. The number of rotatable bonds is 7. The van der Waals surface area contributed by atoms with E-state index in [9.17, 15) is 22.8 Å². The van der Waals surface area contributed by atoms with Crippen molar-refractivity contribution in [3.05, 3.63) is 58.6 Å². The van der Waals surface area contributed by atoms with Crippen LogP contribution in [0.3, 0.4) is 0 Å². The van der Waals surface area contributed by atoms with E-state index < -0.39 is 36.1 Å². The van der Waals surface area contributed by atoms with Gasteiger partial charge < -0.3 is 29.0 Å². The van der Waals surface area contributed by atoms with Crippen molar-refractivity contribution in [2.24, 2.45) is 0 Å². The Balaban J connectivity index is 2.34. The molecule has 0 amide bonds. The molecule has 1 aliphatic rings. The molecule has 2 heterocycles. The van der Waals surface area contributed by atoms with Gasteiger partial charge in [0.05, 0.1) is 53.9 Å². The van der Waals surface area contributed by atoms with Crippen molar-refractivity contribution in [3.8, 4) is 11.6 Å². The average Bonchev–Trinajstić information content (AvgIpc) is 2.81. The lowest BCUT2D eigenvalue weighted by atomic mass is 9.83. The Hall–Kier alpha value is -3.96. The van der Waals surface area contributed by atoms with E-state index in [0.717, 1.165) is 6.07 Å². The molecule has 1 unspecified atom stereocenters. The predicted octanol–water partition coefficient (Wildman–Crippen LogP) is 6.38. The van der Waals surface area contributed by atoms with Crippen LogP contribution in [-0.4, -0.2) is 36.6 Å². The molecule has 0 saturated carbocycles. The van der Waals surface area contributed by atoms with E-state index in [0.29, 0.717) is 0 Å². The van der Waals surface area contributed by atoms with Gasteiger partial charge in [0.15, 0.2) is 5.75 Å². The predicted molar refractivity (Wildman–Crippen MR) is 125 cm³/mol. The minimum atomic E-state index is -4.74. The number of alkyl halides is 3. The van der Waals surface area contributed by atoms with E-state index >= 15 is 0 Å². The van der Waals surface area contributed by atoms with Gasteiger partial charge in [-0.2, -0.15) is 13.2 Å². The van der Waals surface area contributed by atoms with E-state index in [1.165, 1.54) is 31.3 Å². The summed E-state index contributed by atoms with van der Waals surface area (Å²) < 4.78 is 68.7. The van der Waals surface area contributed by atoms with Crippen LogP contribution >= 0.6 is 0 Å². The molecule has 37 heavy (non-hydrogen) atoms. The smallest absolute Gasteiger partial charge is 0.475 e. The molecule has 2 aromatic rings. The Morgan fingerprint density at radius 1 is 1.05 bits per heavy atom. The number of carbonyl (C=O) groups is 2. The first-order valence-corrected chi connectivity index (χ1v) is 11.5. The third kappa shape index (κ3) is 6.25. The summed E-state index contributed by atoms with van der Waals surface area (Å²) in [7, 11) is 0. The minimum absolute atomic E-state index is 0.0141. The average molecular weight is 524 g/mol. The minimum Gasteiger partial charge on any atom is -0.475 e. The van der Waals surface area contributed by atoms with Crippen LogP contribution in [-0.2, 0) is 20.4 Å². The summed E-state index contributed by atoms with van der Waals surface area (Å²) in [6.07, 6.45) is -6.11. The number of carbonyl (C=O) groups excluding carboxylic acids is 2. The van der Waals surface area contributed by atoms with Crippen LogP contribution in [0.15, 0.2) is 41.9 Å². The summed E-state index contributed by atoms with van der Waals surface area (Å²) in [6, 6.07) is 4.87. The van der Waals surface area contributed by atoms with Crippen molar-refractivity contribution in [2.75, 3.05) is 18.5 Å². The molecule has 1 aromatic heterocycles. The number of ether oxygens (including phenoxy) is 5. The number of halogens is 3. The van der Waals surface area contributed by atoms with Crippen molar-refractivity contribution in [3.63, 3.8) is 0 Å². The second-order valence-corrected chi connectivity index (χ2v) is 8.09. The molecule has 0 radical (unpaired) electrons.